The number of hydrogen-bond acceptors (Lipinski definition) is 4. The van der Waals surface area contributed by atoms with Gasteiger partial charge in [-0.2, -0.15) is 5.10 Å². The van der Waals surface area contributed by atoms with Crippen molar-refractivity contribution in [1.29, 1.82) is 0 Å². The maximum absolute atomic E-state index is 12.4. The molecule has 0 radical (unpaired) electrons. The summed E-state index contributed by atoms with van der Waals surface area (Å²) in [6.07, 6.45) is 2.27. The Morgan fingerprint density at radius 2 is 2.09 bits per heavy atom. The van der Waals surface area contributed by atoms with Gasteiger partial charge in [-0.05, 0) is 39.3 Å². The summed E-state index contributed by atoms with van der Waals surface area (Å²) in [4.78, 5) is 16.6. The van der Waals surface area contributed by atoms with Gasteiger partial charge in [-0.15, -0.1) is 0 Å². The Morgan fingerprint density at radius 3 is 2.77 bits per heavy atom. The van der Waals surface area contributed by atoms with E-state index in [1.807, 2.05) is 11.8 Å². The lowest BCUT2D eigenvalue weighted by Crippen LogP contribution is -2.48. The molecule has 6 heteroatoms. The summed E-state index contributed by atoms with van der Waals surface area (Å²) in [7, 11) is 0. The second kappa shape index (κ2) is 6.79. The van der Waals surface area contributed by atoms with E-state index in [4.69, 9.17) is 4.74 Å². The van der Waals surface area contributed by atoms with Gasteiger partial charge in [0.2, 0.25) is 5.91 Å². The summed E-state index contributed by atoms with van der Waals surface area (Å²) in [5.41, 5.74) is 2.28. The summed E-state index contributed by atoms with van der Waals surface area (Å²) < 4.78 is 7.45. The van der Waals surface area contributed by atoms with Crippen LogP contribution in [-0.2, 0) is 9.53 Å². The van der Waals surface area contributed by atoms with Crippen LogP contribution in [0.15, 0.2) is 6.07 Å². The summed E-state index contributed by atoms with van der Waals surface area (Å²) >= 11 is 0. The van der Waals surface area contributed by atoms with Crippen LogP contribution in [0.4, 0.5) is 0 Å². The molecule has 1 aromatic rings. The van der Waals surface area contributed by atoms with Crippen molar-refractivity contribution in [1.82, 2.24) is 19.6 Å². The van der Waals surface area contributed by atoms with Crippen LogP contribution >= 0.6 is 0 Å². The zero-order valence-corrected chi connectivity index (χ0v) is 13.6. The summed E-state index contributed by atoms with van der Waals surface area (Å²) in [6.45, 7) is 9.38. The predicted molar refractivity (Wildman–Crippen MR) is 83.8 cm³/mol. The minimum Gasteiger partial charge on any atom is -0.378 e. The number of likely N-dealkylation sites (tertiary alicyclic amines) is 1. The first-order valence-electron chi connectivity index (χ1n) is 8.24. The molecular formula is C16H26N4O2. The van der Waals surface area contributed by atoms with Crippen molar-refractivity contribution in [3.05, 3.63) is 17.5 Å². The molecule has 2 aliphatic heterocycles. The first-order valence-corrected chi connectivity index (χ1v) is 8.24. The van der Waals surface area contributed by atoms with Gasteiger partial charge in [0.05, 0.1) is 31.5 Å². The number of hydrogen-bond donors (Lipinski definition) is 0. The van der Waals surface area contributed by atoms with Gasteiger partial charge in [-0.1, -0.05) is 0 Å². The Hall–Kier alpha value is -1.40. The lowest BCUT2D eigenvalue weighted by molar-refractivity contribution is -0.136. The van der Waals surface area contributed by atoms with Gasteiger partial charge >= 0.3 is 0 Å². The number of aryl methyl sites for hydroxylation is 2. The smallest absolute Gasteiger partial charge is 0.236 e. The molecular weight excluding hydrogens is 280 g/mol. The molecule has 3 heterocycles. The third kappa shape index (κ3) is 3.50. The Labute approximate surface area is 132 Å². The monoisotopic (exact) mass is 306 g/mol. The molecule has 22 heavy (non-hydrogen) atoms. The van der Waals surface area contributed by atoms with Crippen LogP contribution in [0.3, 0.4) is 0 Å². The van der Waals surface area contributed by atoms with Crippen LogP contribution in [0.2, 0.25) is 0 Å². The normalized spacial score (nSPS) is 23.7. The molecule has 2 saturated heterocycles. The molecule has 1 amide bonds. The molecule has 1 atom stereocenters. The van der Waals surface area contributed by atoms with Crippen LogP contribution in [0.25, 0.3) is 0 Å². The van der Waals surface area contributed by atoms with Gasteiger partial charge in [0.25, 0.3) is 0 Å². The van der Waals surface area contributed by atoms with E-state index in [1.54, 1.807) is 0 Å². The van der Waals surface area contributed by atoms with Gasteiger partial charge in [0.1, 0.15) is 0 Å². The summed E-state index contributed by atoms with van der Waals surface area (Å²) in [5, 5.41) is 4.62. The van der Waals surface area contributed by atoms with Crippen molar-refractivity contribution in [3.63, 3.8) is 0 Å². The fourth-order valence-electron chi connectivity index (χ4n) is 3.49. The quantitative estimate of drug-likeness (QED) is 0.836. The van der Waals surface area contributed by atoms with Gasteiger partial charge in [0.15, 0.2) is 0 Å². The highest BCUT2D eigenvalue weighted by Gasteiger charge is 2.26. The van der Waals surface area contributed by atoms with Crippen molar-refractivity contribution in [3.8, 4) is 0 Å². The Morgan fingerprint density at radius 1 is 1.32 bits per heavy atom. The van der Waals surface area contributed by atoms with Crippen molar-refractivity contribution < 1.29 is 9.53 Å². The molecule has 122 valence electrons. The number of carbonyl (C=O) groups excluding carboxylic acids is 1. The standard InChI is InChI=1S/C16H26N4O2/c1-13-10-14(2)20(17-13)15-4-3-5-18(11-15)12-16(21)19-6-8-22-9-7-19/h10,15H,3-9,11-12H2,1-2H3. The fraction of sp³-hybridized carbons (Fsp3) is 0.750. The Bertz CT molecular complexity index is 522. The lowest BCUT2D eigenvalue weighted by atomic mass is 10.1. The number of aromatic nitrogens is 2. The minimum atomic E-state index is 0.234. The highest BCUT2D eigenvalue weighted by molar-refractivity contribution is 5.78. The van der Waals surface area contributed by atoms with E-state index in [1.165, 1.54) is 5.69 Å². The predicted octanol–water partition coefficient (Wildman–Crippen LogP) is 0.996. The number of nitrogens with zero attached hydrogens (tertiary/aromatic N) is 4. The molecule has 1 aromatic heterocycles. The highest BCUT2D eigenvalue weighted by Crippen LogP contribution is 2.22. The van der Waals surface area contributed by atoms with Crippen LogP contribution in [-0.4, -0.2) is 71.4 Å². The molecule has 3 rings (SSSR count). The highest BCUT2D eigenvalue weighted by atomic mass is 16.5. The largest absolute Gasteiger partial charge is 0.378 e. The zero-order chi connectivity index (χ0) is 15.5. The van der Waals surface area contributed by atoms with E-state index in [9.17, 15) is 4.79 Å². The zero-order valence-electron chi connectivity index (χ0n) is 13.6. The molecule has 0 aromatic carbocycles. The maximum atomic E-state index is 12.4. The minimum absolute atomic E-state index is 0.234. The van der Waals surface area contributed by atoms with E-state index in [0.717, 1.165) is 44.7 Å². The van der Waals surface area contributed by atoms with E-state index < -0.39 is 0 Å². The third-order valence-corrected chi connectivity index (χ3v) is 4.59. The van der Waals surface area contributed by atoms with Crippen LogP contribution < -0.4 is 0 Å². The number of morpholine rings is 1. The third-order valence-electron chi connectivity index (χ3n) is 4.59. The van der Waals surface area contributed by atoms with Crippen molar-refractivity contribution in [2.45, 2.75) is 32.7 Å². The second-order valence-corrected chi connectivity index (χ2v) is 6.40. The molecule has 2 fully saturated rings. The topological polar surface area (TPSA) is 50.6 Å². The van der Waals surface area contributed by atoms with Crippen LogP contribution in [0, 0.1) is 13.8 Å². The summed E-state index contributed by atoms with van der Waals surface area (Å²) in [6, 6.07) is 2.51. The van der Waals surface area contributed by atoms with Crippen molar-refractivity contribution in [2.75, 3.05) is 45.9 Å². The van der Waals surface area contributed by atoms with Crippen LogP contribution in [0.5, 0.6) is 0 Å². The second-order valence-electron chi connectivity index (χ2n) is 6.40. The van der Waals surface area contributed by atoms with E-state index in [-0.39, 0.29) is 5.91 Å². The average molecular weight is 306 g/mol. The average Bonchev–Trinajstić information content (AvgIpc) is 2.87. The molecule has 2 aliphatic rings. The Kier molecular flexibility index (Phi) is 4.78. The maximum Gasteiger partial charge on any atom is 0.236 e. The van der Waals surface area contributed by atoms with E-state index >= 15 is 0 Å². The van der Waals surface area contributed by atoms with Gasteiger partial charge in [-0.25, -0.2) is 0 Å². The molecule has 0 N–H and O–H groups in total. The van der Waals surface area contributed by atoms with Gasteiger partial charge < -0.3 is 9.64 Å². The SMILES string of the molecule is Cc1cc(C)n(C2CCCN(CC(=O)N3CCOCC3)C2)n1. The molecule has 0 saturated carbocycles. The number of amides is 1. The van der Waals surface area contributed by atoms with E-state index in [2.05, 4.69) is 27.7 Å². The fourth-order valence-corrected chi connectivity index (χ4v) is 3.49. The number of carbonyl (C=O) groups is 1. The molecule has 6 nitrogen and oxygen atoms in total. The number of rotatable bonds is 3. The first kappa shape index (κ1) is 15.5. The number of ether oxygens (including phenoxy) is 1. The molecule has 0 aliphatic carbocycles. The molecule has 0 spiro atoms. The Balaban J connectivity index is 1.58. The van der Waals surface area contributed by atoms with Gasteiger partial charge in [0, 0.05) is 25.3 Å². The van der Waals surface area contributed by atoms with Crippen LogP contribution in [0.1, 0.15) is 30.3 Å². The summed E-state index contributed by atoms with van der Waals surface area (Å²) in [5.74, 6) is 0.234. The van der Waals surface area contributed by atoms with Crippen molar-refractivity contribution in [2.24, 2.45) is 0 Å². The van der Waals surface area contributed by atoms with Crippen molar-refractivity contribution >= 4 is 5.91 Å². The first-order chi connectivity index (χ1) is 10.6. The van der Waals surface area contributed by atoms with E-state index in [0.29, 0.717) is 25.8 Å². The van der Waals surface area contributed by atoms with Gasteiger partial charge in [-0.3, -0.25) is 14.4 Å². The molecule has 0 bridgehead atoms. The molecule has 1 unspecified atom stereocenters. The number of piperidine rings is 1. The lowest BCUT2D eigenvalue weighted by Gasteiger charge is -2.35.